The molecule has 194 valence electrons. The number of ether oxygens (including phenoxy) is 3. The molecule has 0 atom stereocenters. The Morgan fingerprint density at radius 2 is 1.72 bits per heavy atom. The van der Waals surface area contributed by atoms with E-state index in [1.807, 2.05) is 61.5 Å². The van der Waals surface area contributed by atoms with E-state index in [-0.39, 0.29) is 24.3 Å². The molecule has 9 heteroatoms. The molecule has 0 radical (unpaired) electrons. The SMILES string of the molecule is CC(=O)Oc1c(-c2ccc(NC(=O)c3ccco3)cc2)c(-c2ccc3c(c2)OCO3)nn1-c1cccc(C)c1. The Labute approximate surface area is 223 Å². The Bertz CT molecular complexity index is 1690. The van der Waals surface area contributed by atoms with Gasteiger partial charge in [0.05, 0.1) is 17.5 Å². The first kappa shape index (κ1) is 24.1. The van der Waals surface area contributed by atoms with Crippen molar-refractivity contribution in [2.75, 3.05) is 12.1 Å². The normalized spacial score (nSPS) is 11.8. The molecule has 0 spiro atoms. The number of nitrogens with one attached hydrogen (secondary N) is 1. The van der Waals surface area contributed by atoms with E-state index in [0.717, 1.165) is 22.4 Å². The van der Waals surface area contributed by atoms with Gasteiger partial charge < -0.3 is 23.9 Å². The summed E-state index contributed by atoms with van der Waals surface area (Å²) in [6, 6.07) is 23.7. The van der Waals surface area contributed by atoms with Crippen LogP contribution < -0.4 is 19.5 Å². The lowest BCUT2D eigenvalue weighted by atomic mass is 10.0. The Morgan fingerprint density at radius 1 is 0.923 bits per heavy atom. The highest BCUT2D eigenvalue weighted by atomic mass is 16.7. The molecule has 3 aromatic carbocycles. The number of anilines is 1. The van der Waals surface area contributed by atoms with Gasteiger partial charge in [-0.15, -0.1) is 0 Å². The lowest BCUT2D eigenvalue weighted by molar-refractivity contribution is -0.132. The number of aromatic nitrogens is 2. The first-order valence-corrected chi connectivity index (χ1v) is 12.2. The fourth-order valence-electron chi connectivity index (χ4n) is 4.39. The maximum Gasteiger partial charge on any atom is 0.309 e. The third-order valence-electron chi connectivity index (χ3n) is 6.15. The molecule has 1 aliphatic rings. The fraction of sp³-hybridized carbons (Fsp3) is 0.100. The average molecular weight is 522 g/mol. The number of amides is 1. The third-order valence-corrected chi connectivity index (χ3v) is 6.15. The van der Waals surface area contributed by atoms with E-state index in [4.69, 9.17) is 23.7 Å². The highest BCUT2D eigenvalue weighted by Crippen LogP contribution is 2.44. The summed E-state index contributed by atoms with van der Waals surface area (Å²) in [5, 5.41) is 7.72. The van der Waals surface area contributed by atoms with E-state index < -0.39 is 5.97 Å². The first-order chi connectivity index (χ1) is 19.0. The summed E-state index contributed by atoms with van der Waals surface area (Å²) in [4.78, 5) is 24.7. The molecule has 0 unspecified atom stereocenters. The van der Waals surface area contributed by atoms with Gasteiger partial charge in [0, 0.05) is 18.2 Å². The topological polar surface area (TPSA) is 105 Å². The molecule has 39 heavy (non-hydrogen) atoms. The van der Waals surface area contributed by atoms with Gasteiger partial charge in [-0.25, -0.2) is 0 Å². The van der Waals surface area contributed by atoms with Crippen LogP contribution in [0, 0.1) is 6.92 Å². The second-order valence-corrected chi connectivity index (χ2v) is 8.95. The maximum atomic E-state index is 12.4. The molecule has 1 N–H and O–H groups in total. The number of furan rings is 1. The number of benzene rings is 3. The first-order valence-electron chi connectivity index (χ1n) is 12.2. The predicted octanol–water partition coefficient (Wildman–Crippen LogP) is 6.01. The van der Waals surface area contributed by atoms with Gasteiger partial charge in [0.2, 0.25) is 12.7 Å². The predicted molar refractivity (Wildman–Crippen MR) is 143 cm³/mol. The number of hydrogen-bond acceptors (Lipinski definition) is 7. The van der Waals surface area contributed by atoms with E-state index in [9.17, 15) is 9.59 Å². The number of rotatable bonds is 6. The Hall–Kier alpha value is -5.31. The second-order valence-electron chi connectivity index (χ2n) is 8.95. The quantitative estimate of drug-likeness (QED) is 0.273. The van der Waals surface area contributed by atoms with E-state index in [2.05, 4.69) is 5.32 Å². The van der Waals surface area contributed by atoms with Gasteiger partial charge in [0.1, 0.15) is 5.69 Å². The summed E-state index contributed by atoms with van der Waals surface area (Å²) >= 11 is 0. The summed E-state index contributed by atoms with van der Waals surface area (Å²) in [7, 11) is 0. The van der Waals surface area contributed by atoms with Crippen molar-refractivity contribution >= 4 is 17.6 Å². The molecule has 1 amide bonds. The van der Waals surface area contributed by atoms with E-state index in [1.165, 1.54) is 13.2 Å². The standard InChI is InChI=1S/C30H23N3O6/c1-18-5-3-6-23(15-18)33-30(39-19(2)34)27(28(32-33)21-10-13-24-26(16-21)38-17-37-24)20-8-11-22(12-9-20)31-29(35)25-7-4-14-36-25/h3-16H,17H2,1-2H3,(H,31,35). The summed E-state index contributed by atoms with van der Waals surface area (Å²) in [6.45, 7) is 3.48. The van der Waals surface area contributed by atoms with Crippen molar-refractivity contribution in [1.29, 1.82) is 0 Å². The largest absolute Gasteiger partial charge is 0.459 e. The minimum Gasteiger partial charge on any atom is -0.459 e. The summed E-state index contributed by atoms with van der Waals surface area (Å²) in [5.41, 5.74) is 5.01. The Kier molecular flexibility index (Phi) is 6.08. The van der Waals surface area contributed by atoms with Crippen LogP contribution in [0.2, 0.25) is 0 Å². The van der Waals surface area contributed by atoms with Crippen molar-refractivity contribution in [2.45, 2.75) is 13.8 Å². The van der Waals surface area contributed by atoms with Crippen molar-refractivity contribution in [1.82, 2.24) is 9.78 Å². The number of nitrogens with zero attached hydrogens (tertiary/aromatic N) is 2. The lowest BCUT2D eigenvalue weighted by Gasteiger charge is -2.11. The van der Waals surface area contributed by atoms with Crippen LogP contribution in [0.5, 0.6) is 17.4 Å². The minimum absolute atomic E-state index is 0.146. The molecule has 2 aromatic heterocycles. The van der Waals surface area contributed by atoms with E-state index in [0.29, 0.717) is 28.4 Å². The second kappa shape index (κ2) is 9.86. The number of carbonyl (C=O) groups excluding carboxylic acids is 2. The van der Waals surface area contributed by atoms with Gasteiger partial charge >= 0.3 is 5.97 Å². The van der Waals surface area contributed by atoms with Crippen molar-refractivity contribution < 1.29 is 28.2 Å². The van der Waals surface area contributed by atoms with Crippen LogP contribution in [0.4, 0.5) is 5.69 Å². The molecular weight excluding hydrogens is 498 g/mol. The van der Waals surface area contributed by atoms with Crippen LogP contribution in [0.25, 0.3) is 28.1 Å². The van der Waals surface area contributed by atoms with Crippen molar-refractivity contribution in [3.63, 3.8) is 0 Å². The lowest BCUT2D eigenvalue weighted by Crippen LogP contribution is -2.10. The number of carbonyl (C=O) groups is 2. The maximum absolute atomic E-state index is 12.4. The average Bonchev–Trinajstić information content (AvgIpc) is 3.69. The van der Waals surface area contributed by atoms with Gasteiger partial charge in [-0.05, 0) is 72.6 Å². The summed E-state index contributed by atoms with van der Waals surface area (Å²) in [6.07, 6.45) is 1.44. The smallest absolute Gasteiger partial charge is 0.309 e. The molecule has 9 nitrogen and oxygen atoms in total. The van der Waals surface area contributed by atoms with Crippen LogP contribution in [0.3, 0.4) is 0 Å². The van der Waals surface area contributed by atoms with E-state index >= 15 is 0 Å². The zero-order chi connectivity index (χ0) is 26.9. The molecule has 0 aliphatic carbocycles. The molecular formula is C30H23N3O6. The van der Waals surface area contributed by atoms with Crippen LogP contribution >= 0.6 is 0 Å². The molecule has 0 fully saturated rings. The van der Waals surface area contributed by atoms with Crippen molar-refractivity contribution in [3.8, 4) is 45.5 Å². The molecule has 0 bridgehead atoms. The monoisotopic (exact) mass is 521 g/mol. The zero-order valence-corrected chi connectivity index (χ0v) is 21.1. The van der Waals surface area contributed by atoms with Gasteiger partial charge in [0.15, 0.2) is 17.3 Å². The molecule has 0 saturated carbocycles. The Balaban J connectivity index is 1.49. The summed E-state index contributed by atoms with van der Waals surface area (Å²) < 4.78 is 23.7. The number of hydrogen-bond donors (Lipinski definition) is 1. The van der Waals surface area contributed by atoms with Gasteiger partial charge in [0.25, 0.3) is 5.91 Å². The Morgan fingerprint density at radius 3 is 2.46 bits per heavy atom. The van der Waals surface area contributed by atoms with Crippen LogP contribution in [-0.2, 0) is 4.79 Å². The van der Waals surface area contributed by atoms with Gasteiger partial charge in [-0.3, -0.25) is 9.59 Å². The minimum atomic E-state index is -0.482. The fourth-order valence-corrected chi connectivity index (χ4v) is 4.39. The van der Waals surface area contributed by atoms with Crippen molar-refractivity contribution in [2.24, 2.45) is 0 Å². The van der Waals surface area contributed by atoms with Gasteiger partial charge in [-0.2, -0.15) is 9.78 Å². The zero-order valence-electron chi connectivity index (χ0n) is 21.1. The van der Waals surface area contributed by atoms with Crippen LogP contribution in [0.1, 0.15) is 23.0 Å². The highest BCUT2D eigenvalue weighted by molar-refractivity contribution is 6.02. The van der Waals surface area contributed by atoms with Crippen LogP contribution in [-0.4, -0.2) is 28.4 Å². The number of esters is 1. The molecule has 3 heterocycles. The highest BCUT2D eigenvalue weighted by Gasteiger charge is 2.26. The summed E-state index contributed by atoms with van der Waals surface area (Å²) in [5.74, 6) is 0.893. The van der Waals surface area contributed by atoms with Crippen LogP contribution in [0.15, 0.2) is 89.5 Å². The van der Waals surface area contributed by atoms with Crippen molar-refractivity contribution in [3.05, 3.63) is 96.4 Å². The number of aryl methyl sites for hydroxylation is 1. The van der Waals surface area contributed by atoms with E-state index in [1.54, 1.807) is 28.9 Å². The number of fused-ring (bicyclic) bond motifs is 1. The third kappa shape index (κ3) is 4.73. The van der Waals surface area contributed by atoms with Gasteiger partial charge in [-0.1, -0.05) is 24.3 Å². The molecule has 0 saturated heterocycles. The molecule has 6 rings (SSSR count). The molecule has 5 aromatic rings. The molecule has 1 aliphatic heterocycles.